The first-order valence-corrected chi connectivity index (χ1v) is 5.92. The predicted molar refractivity (Wildman–Crippen MR) is 59.6 cm³/mol. The van der Waals surface area contributed by atoms with Crippen molar-refractivity contribution in [3.63, 3.8) is 0 Å². The second-order valence-corrected chi connectivity index (χ2v) is 5.24. The van der Waals surface area contributed by atoms with Crippen molar-refractivity contribution in [3.8, 4) is 0 Å². The Morgan fingerprint density at radius 1 is 1.41 bits per heavy atom. The lowest BCUT2D eigenvalue weighted by atomic mass is 10.2. The van der Waals surface area contributed by atoms with E-state index in [-0.39, 0.29) is 5.69 Å². The van der Waals surface area contributed by atoms with Gasteiger partial charge in [0.25, 0.3) is 0 Å². The van der Waals surface area contributed by atoms with Crippen molar-refractivity contribution in [1.82, 2.24) is 4.31 Å². The summed E-state index contributed by atoms with van der Waals surface area (Å²) in [5.41, 5.74) is -1.02. The van der Waals surface area contributed by atoms with E-state index in [0.717, 1.165) is 10.4 Å². The van der Waals surface area contributed by atoms with Gasteiger partial charge in [0.1, 0.15) is 11.4 Å². The van der Waals surface area contributed by atoms with E-state index >= 15 is 0 Å². The second-order valence-electron chi connectivity index (χ2n) is 3.36. The summed E-state index contributed by atoms with van der Waals surface area (Å²) in [7, 11) is -1.34. The van der Waals surface area contributed by atoms with Gasteiger partial charge in [-0.2, -0.15) is 12.7 Å². The number of hydrogen-bond donors (Lipinski definition) is 2. The zero-order chi connectivity index (χ0) is 13.2. The Morgan fingerprint density at radius 2 is 2.00 bits per heavy atom. The Morgan fingerprint density at radius 3 is 2.47 bits per heavy atom. The lowest BCUT2D eigenvalue weighted by molar-refractivity contribution is 0.0693. The van der Waals surface area contributed by atoms with Crippen molar-refractivity contribution in [3.05, 3.63) is 29.6 Å². The minimum Gasteiger partial charge on any atom is -0.478 e. The van der Waals surface area contributed by atoms with E-state index in [9.17, 15) is 17.6 Å². The van der Waals surface area contributed by atoms with Crippen LogP contribution in [0.15, 0.2) is 18.2 Å². The summed E-state index contributed by atoms with van der Waals surface area (Å²) < 4.78 is 39.1. The molecule has 0 saturated heterocycles. The molecule has 0 radical (unpaired) electrons. The number of nitrogens with zero attached hydrogens (tertiary/aromatic N) is 1. The maximum absolute atomic E-state index is 13.2. The Bertz CT molecular complexity index is 542. The molecule has 0 atom stereocenters. The molecule has 0 amide bonds. The number of rotatable bonds is 4. The van der Waals surface area contributed by atoms with Crippen LogP contribution in [0.3, 0.4) is 0 Å². The Labute approximate surface area is 97.9 Å². The fraction of sp³-hybridized carbons (Fsp3) is 0.222. The maximum atomic E-state index is 13.2. The average Bonchev–Trinajstić information content (AvgIpc) is 2.15. The molecule has 0 unspecified atom stereocenters. The van der Waals surface area contributed by atoms with E-state index < -0.39 is 27.6 Å². The molecule has 0 aliphatic carbocycles. The molecule has 1 aromatic rings. The van der Waals surface area contributed by atoms with Crippen LogP contribution in [0, 0.1) is 5.82 Å². The number of halogens is 1. The SMILES string of the molecule is CN(C)S(=O)(=O)Nc1cccc(F)c1C(=O)O. The van der Waals surface area contributed by atoms with Gasteiger partial charge in [-0.25, -0.2) is 9.18 Å². The predicted octanol–water partition coefficient (Wildman–Crippen LogP) is 0.742. The Hall–Kier alpha value is -1.67. The molecule has 17 heavy (non-hydrogen) atoms. The first kappa shape index (κ1) is 13.4. The van der Waals surface area contributed by atoms with Gasteiger partial charge in [0, 0.05) is 14.1 Å². The summed E-state index contributed by atoms with van der Waals surface area (Å²) in [5, 5.41) is 8.79. The van der Waals surface area contributed by atoms with Crippen LogP contribution in [0.2, 0.25) is 0 Å². The van der Waals surface area contributed by atoms with Gasteiger partial charge in [-0.1, -0.05) is 6.07 Å². The van der Waals surface area contributed by atoms with Gasteiger partial charge < -0.3 is 5.11 Å². The van der Waals surface area contributed by atoms with Crippen LogP contribution in [0.5, 0.6) is 0 Å². The number of anilines is 1. The van der Waals surface area contributed by atoms with Crippen molar-refractivity contribution < 1.29 is 22.7 Å². The Balaban J connectivity index is 3.25. The lowest BCUT2D eigenvalue weighted by Gasteiger charge is -2.14. The monoisotopic (exact) mass is 262 g/mol. The van der Waals surface area contributed by atoms with Crippen molar-refractivity contribution in [2.24, 2.45) is 0 Å². The average molecular weight is 262 g/mol. The summed E-state index contributed by atoms with van der Waals surface area (Å²) in [5.74, 6) is -2.55. The van der Waals surface area contributed by atoms with Crippen molar-refractivity contribution in [2.75, 3.05) is 18.8 Å². The van der Waals surface area contributed by atoms with Gasteiger partial charge in [-0.05, 0) is 12.1 Å². The number of carboxylic acid groups (broad SMARTS) is 1. The zero-order valence-electron chi connectivity index (χ0n) is 9.14. The minimum absolute atomic E-state index is 0.314. The number of nitrogens with one attached hydrogen (secondary N) is 1. The molecule has 0 spiro atoms. The first-order chi connectivity index (χ1) is 7.75. The van der Waals surface area contributed by atoms with Crippen LogP contribution in [0.25, 0.3) is 0 Å². The molecule has 0 aliphatic heterocycles. The number of carboxylic acids is 1. The molecule has 2 N–H and O–H groups in total. The van der Waals surface area contributed by atoms with Crippen LogP contribution in [-0.2, 0) is 10.2 Å². The fourth-order valence-corrected chi connectivity index (χ4v) is 1.69. The Kier molecular flexibility index (Phi) is 3.69. The number of aromatic carboxylic acids is 1. The van der Waals surface area contributed by atoms with Gasteiger partial charge in [0.2, 0.25) is 0 Å². The normalized spacial score (nSPS) is 11.5. The summed E-state index contributed by atoms with van der Waals surface area (Å²) >= 11 is 0. The van der Waals surface area contributed by atoms with Gasteiger partial charge >= 0.3 is 16.2 Å². The third-order valence-electron chi connectivity index (χ3n) is 1.95. The van der Waals surface area contributed by atoms with Crippen LogP contribution in [-0.4, -0.2) is 37.9 Å². The standard InChI is InChI=1S/C9H11FN2O4S/c1-12(2)17(15,16)11-7-5-3-4-6(10)8(7)9(13)14/h3-5,11H,1-2H3,(H,13,14). The molecule has 6 nitrogen and oxygen atoms in total. The fourth-order valence-electron chi connectivity index (χ4n) is 1.06. The van der Waals surface area contributed by atoms with Crippen molar-refractivity contribution in [1.29, 1.82) is 0 Å². The van der Waals surface area contributed by atoms with E-state index in [1.165, 1.54) is 26.2 Å². The molecule has 0 aliphatic rings. The van der Waals surface area contributed by atoms with E-state index in [4.69, 9.17) is 5.11 Å². The molecule has 0 bridgehead atoms. The van der Waals surface area contributed by atoms with Crippen LogP contribution >= 0.6 is 0 Å². The number of benzene rings is 1. The molecule has 1 aromatic carbocycles. The van der Waals surface area contributed by atoms with Gasteiger partial charge in [-0.3, -0.25) is 4.72 Å². The number of carbonyl (C=O) groups is 1. The van der Waals surface area contributed by atoms with Gasteiger partial charge in [0.05, 0.1) is 5.69 Å². The van der Waals surface area contributed by atoms with Crippen LogP contribution < -0.4 is 4.72 Å². The molecule has 8 heteroatoms. The van der Waals surface area contributed by atoms with Gasteiger partial charge in [-0.15, -0.1) is 0 Å². The smallest absolute Gasteiger partial charge is 0.340 e. The molecule has 0 fully saturated rings. The van der Waals surface area contributed by atoms with E-state index in [0.29, 0.717) is 0 Å². The summed E-state index contributed by atoms with van der Waals surface area (Å²) in [6, 6.07) is 3.33. The summed E-state index contributed by atoms with van der Waals surface area (Å²) in [6.07, 6.45) is 0. The highest BCUT2D eigenvalue weighted by Crippen LogP contribution is 2.20. The van der Waals surface area contributed by atoms with Crippen molar-refractivity contribution in [2.45, 2.75) is 0 Å². The number of hydrogen-bond acceptors (Lipinski definition) is 3. The zero-order valence-corrected chi connectivity index (χ0v) is 9.95. The summed E-state index contributed by atoms with van der Waals surface area (Å²) in [6.45, 7) is 0. The van der Waals surface area contributed by atoms with E-state index in [1.807, 2.05) is 4.72 Å². The molecular formula is C9H11FN2O4S. The highest BCUT2D eigenvalue weighted by Gasteiger charge is 2.20. The minimum atomic E-state index is -3.87. The first-order valence-electron chi connectivity index (χ1n) is 4.48. The maximum Gasteiger partial charge on any atom is 0.340 e. The van der Waals surface area contributed by atoms with Crippen molar-refractivity contribution >= 4 is 21.9 Å². The molecule has 1 rings (SSSR count). The van der Waals surface area contributed by atoms with Crippen LogP contribution in [0.1, 0.15) is 10.4 Å². The third-order valence-corrected chi connectivity index (χ3v) is 3.39. The lowest BCUT2D eigenvalue weighted by Crippen LogP contribution is -2.29. The molecule has 0 heterocycles. The highest BCUT2D eigenvalue weighted by molar-refractivity contribution is 7.90. The largest absolute Gasteiger partial charge is 0.478 e. The third kappa shape index (κ3) is 2.92. The van der Waals surface area contributed by atoms with E-state index in [2.05, 4.69) is 0 Å². The summed E-state index contributed by atoms with van der Waals surface area (Å²) in [4.78, 5) is 10.8. The molecular weight excluding hydrogens is 251 g/mol. The topological polar surface area (TPSA) is 86.7 Å². The van der Waals surface area contributed by atoms with Crippen LogP contribution in [0.4, 0.5) is 10.1 Å². The molecule has 0 aromatic heterocycles. The highest BCUT2D eigenvalue weighted by atomic mass is 32.2. The second kappa shape index (κ2) is 4.68. The quantitative estimate of drug-likeness (QED) is 0.838. The molecule has 94 valence electrons. The van der Waals surface area contributed by atoms with Gasteiger partial charge in [0.15, 0.2) is 0 Å². The molecule has 0 saturated carbocycles. The van der Waals surface area contributed by atoms with E-state index in [1.54, 1.807) is 0 Å².